The van der Waals surface area contributed by atoms with E-state index in [9.17, 15) is 4.39 Å². The molecule has 0 amide bonds. The third kappa shape index (κ3) is 3.33. The summed E-state index contributed by atoms with van der Waals surface area (Å²) in [5.41, 5.74) is 6.50. The zero-order chi connectivity index (χ0) is 13.0. The van der Waals surface area contributed by atoms with Gasteiger partial charge in [0.05, 0.1) is 5.69 Å². The van der Waals surface area contributed by atoms with Gasteiger partial charge in [-0.25, -0.2) is 4.39 Å². The Morgan fingerprint density at radius 3 is 2.56 bits per heavy atom. The van der Waals surface area contributed by atoms with Gasteiger partial charge in [-0.15, -0.1) is 12.4 Å². The monoisotopic (exact) mass is 273 g/mol. The first-order valence-corrected chi connectivity index (χ1v) is 5.29. The lowest BCUT2D eigenvalue weighted by Gasteiger charge is -2.18. The minimum Gasteiger partial charge on any atom is -0.396 e. The summed E-state index contributed by atoms with van der Waals surface area (Å²) in [6, 6.07) is 4.48. The summed E-state index contributed by atoms with van der Waals surface area (Å²) >= 11 is 0. The average Bonchev–Trinajstić information content (AvgIpc) is 2.28. The molecule has 0 aliphatic carbocycles. The Bertz CT molecular complexity index is 446. The Morgan fingerprint density at radius 2 is 2.11 bits per heavy atom. The Morgan fingerprint density at radius 1 is 1.50 bits per heavy atom. The first-order chi connectivity index (χ1) is 8.02. The van der Waals surface area contributed by atoms with Crippen LogP contribution in [0.5, 0.6) is 0 Å². The summed E-state index contributed by atoms with van der Waals surface area (Å²) in [5, 5.41) is 17.8. The molecule has 0 spiro atoms. The maximum atomic E-state index is 14.1. The summed E-state index contributed by atoms with van der Waals surface area (Å²) in [5.74, 6) is -0.598. The van der Waals surface area contributed by atoms with Crippen LogP contribution in [0, 0.1) is 17.1 Å². The smallest absolute Gasteiger partial charge is 0.147 e. The summed E-state index contributed by atoms with van der Waals surface area (Å²) < 4.78 is 14.1. The second kappa shape index (κ2) is 7.17. The van der Waals surface area contributed by atoms with Gasteiger partial charge in [0.2, 0.25) is 0 Å². The minimum absolute atomic E-state index is 0. The number of nitriles is 1. The molecule has 3 N–H and O–H groups in total. The number of anilines is 1. The van der Waals surface area contributed by atoms with E-state index in [-0.39, 0.29) is 36.6 Å². The van der Waals surface area contributed by atoms with Crippen molar-refractivity contribution in [2.45, 2.75) is 12.5 Å². The third-order valence-electron chi connectivity index (χ3n) is 2.58. The van der Waals surface area contributed by atoms with Crippen LogP contribution in [0.15, 0.2) is 12.1 Å². The van der Waals surface area contributed by atoms with E-state index in [1.165, 1.54) is 0 Å². The first-order valence-electron chi connectivity index (χ1n) is 5.29. The van der Waals surface area contributed by atoms with Gasteiger partial charge in [0.25, 0.3) is 0 Å². The van der Waals surface area contributed by atoms with Crippen molar-refractivity contribution in [1.29, 1.82) is 5.26 Å². The van der Waals surface area contributed by atoms with E-state index >= 15 is 0 Å². The van der Waals surface area contributed by atoms with E-state index in [2.05, 4.69) is 0 Å². The van der Waals surface area contributed by atoms with Crippen LogP contribution in [0.25, 0.3) is 0 Å². The van der Waals surface area contributed by atoms with Gasteiger partial charge in [-0.3, -0.25) is 0 Å². The van der Waals surface area contributed by atoms with Gasteiger partial charge in [-0.05, 0) is 12.5 Å². The number of nitrogens with two attached hydrogens (primary N) is 1. The molecule has 4 nitrogen and oxygen atoms in total. The number of rotatable bonds is 4. The van der Waals surface area contributed by atoms with Crippen molar-refractivity contribution in [2.75, 3.05) is 25.6 Å². The molecule has 0 saturated carbocycles. The molecule has 1 aromatic rings. The molecule has 6 heteroatoms. The van der Waals surface area contributed by atoms with Gasteiger partial charge in [0, 0.05) is 32.3 Å². The van der Waals surface area contributed by atoms with Crippen molar-refractivity contribution in [3.05, 3.63) is 29.1 Å². The highest BCUT2D eigenvalue weighted by Crippen LogP contribution is 2.27. The van der Waals surface area contributed by atoms with Crippen LogP contribution >= 0.6 is 12.4 Å². The molecule has 0 radical (unpaired) electrons. The van der Waals surface area contributed by atoms with Crippen LogP contribution in [-0.4, -0.2) is 25.8 Å². The Hall–Kier alpha value is -1.35. The number of hydrogen-bond donors (Lipinski definition) is 2. The van der Waals surface area contributed by atoms with Gasteiger partial charge in [-0.2, -0.15) is 5.26 Å². The number of aliphatic hydroxyl groups is 1. The fourth-order valence-electron chi connectivity index (χ4n) is 1.64. The lowest BCUT2D eigenvalue weighted by molar-refractivity contribution is 0.275. The Labute approximate surface area is 112 Å². The van der Waals surface area contributed by atoms with Gasteiger partial charge in [-0.1, -0.05) is 6.07 Å². The molecule has 0 aromatic heterocycles. The molecule has 1 atom stereocenters. The summed E-state index contributed by atoms with van der Waals surface area (Å²) in [7, 11) is 3.48. The minimum atomic E-state index is -0.598. The maximum absolute atomic E-state index is 14.1. The maximum Gasteiger partial charge on any atom is 0.147 e. The number of hydrogen-bond acceptors (Lipinski definition) is 4. The predicted molar refractivity (Wildman–Crippen MR) is 71.3 cm³/mol. The standard InChI is InChI=1S/C12H16FN3O.ClH/c1-16(2)11-4-3-8(10(15)5-6-17)12(13)9(11)7-14;/h3-4,10,17H,5-6,15H2,1-2H3;1H. The van der Waals surface area contributed by atoms with E-state index in [0.29, 0.717) is 5.69 Å². The van der Waals surface area contributed by atoms with Gasteiger partial charge >= 0.3 is 0 Å². The number of benzene rings is 1. The molecule has 1 unspecified atom stereocenters. The molecule has 100 valence electrons. The molecule has 0 fully saturated rings. The topological polar surface area (TPSA) is 73.3 Å². The number of nitrogens with zero attached hydrogens (tertiary/aromatic N) is 2. The highest BCUT2D eigenvalue weighted by Gasteiger charge is 2.18. The highest BCUT2D eigenvalue weighted by molar-refractivity contribution is 5.85. The molecule has 0 heterocycles. The quantitative estimate of drug-likeness (QED) is 0.873. The molecule has 0 bridgehead atoms. The van der Waals surface area contributed by atoms with Crippen molar-refractivity contribution in [2.24, 2.45) is 5.73 Å². The second-order valence-electron chi connectivity index (χ2n) is 3.99. The molecular formula is C12H17ClFN3O. The van der Waals surface area contributed by atoms with Gasteiger partial charge < -0.3 is 15.7 Å². The van der Waals surface area contributed by atoms with E-state index < -0.39 is 11.9 Å². The average molecular weight is 274 g/mol. The summed E-state index contributed by atoms with van der Waals surface area (Å²) in [6.45, 7) is -0.113. The van der Waals surface area contributed by atoms with Crippen molar-refractivity contribution in [3.63, 3.8) is 0 Å². The van der Waals surface area contributed by atoms with E-state index in [4.69, 9.17) is 16.1 Å². The zero-order valence-electron chi connectivity index (χ0n) is 10.4. The van der Waals surface area contributed by atoms with Crippen LogP contribution in [0.3, 0.4) is 0 Å². The van der Waals surface area contributed by atoms with E-state index in [1.54, 1.807) is 31.1 Å². The van der Waals surface area contributed by atoms with Gasteiger partial charge in [0.1, 0.15) is 17.4 Å². The van der Waals surface area contributed by atoms with Crippen molar-refractivity contribution in [1.82, 2.24) is 0 Å². The lowest BCUT2D eigenvalue weighted by Crippen LogP contribution is -2.17. The second-order valence-corrected chi connectivity index (χ2v) is 3.99. The SMILES string of the molecule is CN(C)c1ccc(C(N)CCO)c(F)c1C#N.Cl. The molecular weight excluding hydrogens is 257 g/mol. The van der Waals surface area contributed by atoms with Crippen molar-refractivity contribution >= 4 is 18.1 Å². The Balaban J connectivity index is 0.00000289. The van der Waals surface area contributed by atoms with Crippen LogP contribution in [0.4, 0.5) is 10.1 Å². The molecule has 0 saturated heterocycles. The van der Waals surface area contributed by atoms with Crippen LogP contribution in [-0.2, 0) is 0 Å². The molecule has 1 aromatic carbocycles. The summed E-state index contributed by atoms with van der Waals surface area (Å²) in [6.07, 6.45) is 0.267. The highest BCUT2D eigenvalue weighted by atomic mass is 35.5. The normalized spacial score (nSPS) is 11.3. The van der Waals surface area contributed by atoms with Crippen LogP contribution in [0.2, 0.25) is 0 Å². The largest absolute Gasteiger partial charge is 0.396 e. The fraction of sp³-hybridized carbons (Fsp3) is 0.417. The molecule has 0 aliphatic rings. The van der Waals surface area contributed by atoms with Crippen LogP contribution < -0.4 is 10.6 Å². The van der Waals surface area contributed by atoms with E-state index in [0.717, 1.165) is 0 Å². The third-order valence-corrected chi connectivity index (χ3v) is 2.58. The molecule has 18 heavy (non-hydrogen) atoms. The van der Waals surface area contributed by atoms with E-state index in [1.807, 2.05) is 6.07 Å². The number of aliphatic hydroxyl groups excluding tert-OH is 1. The predicted octanol–water partition coefficient (Wildman–Crippen LogP) is 1.57. The molecule has 0 aliphatic heterocycles. The van der Waals surface area contributed by atoms with Crippen molar-refractivity contribution < 1.29 is 9.50 Å². The fourth-order valence-corrected chi connectivity index (χ4v) is 1.64. The lowest BCUT2D eigenvalue weighted by atomic mass is 10.00. The summed E-state index contributed by atoms with van der Waals surface area (Å²) in [4.78, 5) is 1.67. The van der Waals surface area contributed by atoms with Crippen molar-refractivity contribution in [3.8, 4) is 6.07 Å². The molecule has 1 rings (SSSR count). The van der Waals surface area contributed by atoms with Crippen LogP contribution in [0.1, 0.15) is 23.6 Å². The first kappa shape index (κ1) is 16.6. The number of halogens is 2. The Kier molecular flexibility index (Phi) is 6.63. The van der Waals surface area contributed by atoms with Gasteiger partial charge in [0.15, 0.2) is 0 Å². The zero-order valence-corrected chi connectivity index (χ0v) is 11.2.